The summed E-state index contributed by atoms with van der Waals surface area (Å²) in [5.41, 5.74) is 6.39. The Morgan fingerprint density at radius 3 is 2.78 bits per heavy atom. The zero-order chi connectivity index (χ0) is 19.2. The van der Waals surface area contributed by atoms with Crippen molar-refractivity contribution in [3.8, 4) is 0 Å². The molecule has 8 heteroatoms. The van der Waals surface area contributed by atoms with Gasteiger partial charge in [-0.05, 0) is 31.7 Å². The Hall–Kier alpha value is -2.22. The second kappa shape index (κ2) is 9.12. The van der Waals surface area contributed by atoms with Crippen LogP contribution in [0.2, 0.25) is 0 Å². The zero-order valence-electron chi connectivity index (χ0n) is 15.8. The minimum atomic E-state index is -0.361. The van der Waals surface area contributed by atoms with E-state index in [1.165, 1.54) is 49.8 Å². The van der Waals surface area contributed by atoms with Crippen LogP contribution < -0.4 is 10.9 Å². The van der Waals surface area contributed by atoms with Gasteiger partial charge in [-0.3, -0.25) is 15.6 Å². The summed E-state index contributed by atoms with van der Waals surface area (Å²) in [5.74, 6) is 0.753. The molecule has 2 aromatic rings. The van der Waals surface area contributed by atoms with Crippen molar-refractivity contribution in [2.24, 2.45) is 5.92 Å². The molecular weight excluding hydrogens is 364 g/mol. The van der Waals surface area contributed by atoms with Crippen molar-refractivity contribution in [1.29, 1.82) is 0 Å². The topological polar surface area (TPSA) is 93.2 Å². The van der Waals surface area contributed by atoms with E-state index in [2.05, 4.69) is 20.8 Å². The first-order valence-corrected chi connectivity index (χ1v) is 10.4. The Labute approximate surface area is 162 Å². The SMILES string of the molecule is CCOC(=O)c1sc2ncnc(NNC(=O)CCC3CCCCC3)c2c1C. The first kappa shape index (κ1) is 19.5. The molecule has 3 rings (SSSR count). The third-order valence-corrected chi connectivity index (χ3v) is 6.19. The zero-order valence-corrected chi connectivity index (χ0v) is 16.7. The third kappa shape index (κ3) is 4.74. The number of hydrazine groups is 1. The van der Waals surface area contributed by atoms with Crippen molar-refractivity contribution in [2.45, 2.75) is 58.8 Å². The van der Waals surface area contributed by atoms with Crippen LogP contribution in [0.5, 0.6) is 0 Å². The van der Waals surface area contributed by atoms with Gasteiger partial charge in [0.2, 0.25) is 5.91 Å². The monoisotopic (exact) mass is 390 g/mol. The molecule has 0 aromatic carbocycles. The number of esters is 1. The maximum atomic E-state index is 12.2. The normalized spacial score (nSPS) is 14.9. The Morgan fingerprint density at radius 2 is 2.04 bits per heavy atom. The second-order valence-corrected chi connectivity index (χ2v) is 7.89. The number of ether oxygens (including phenoxy) is 1. The maximum Gasteiger partial charge on any atom is 0.348 e. The Bertz CT molecular complexity index is 815. The van der Waals surface area contributed by atoms with Gasteiger partial charge in [0.15, 0.2) is 5.82 Å². The summed E-state index contributed by atoms with van der Waals surface area (Å²) >= 11 is 1.27. The number of carbonyl (C=O) groups is 2. The van der Waals surface area contributed by atoms with Gasteiger partial charge in [0.05, 0.1) is 12.0 Å². The highest BCUT2D eigenvalue weighted by atomic mass is 32.1. The second-order valence-electron chi connectivity index (χ2n) is 6.89. The van der Waals surface area contributed by atoms with Crippen LogP contribution in [-0.2, 0) is 9.53 Å². The summed E-state index contributed by atoms with van der Waals surface area (Å²) in [5, 5.41) is 0.734. The van der Waals surface area contributed by atoms with Crippen molar-refractivity contribution < 1.29 is 14.3 Å². The van der Waals surface area contributed by atoms with Gasteiger partial charge in [-0.1, -0.05) is 32.1 Å². The van der Waals surface area contributed by atoms with E-state index in [9.17, 15) is 9.59 Å². The minimum Gasteiger partial charge on any atom is -0.462 e. The van der Waals surface area contributed by atoms with E-state index < -0.39 is 0 Å². The smallest absolute Gasteiger partial charge is 0.348 e. The van der Waals surface area contributed by atoms with E-state index in [1.807, 2.05) is 6.92 Å². The lowest BCUT2D eigenvalue weighted by molar-refractivity contribution is -0.120. The molecule has 7 nitrogen and oxygen atoms in total. The molecule has 0 radical (unpaired) electrons. The molecule has 1 aliphatic rings. The van der Waals surface area contributed by atoms with E-state index in [-0.39, 0.29) is 11.9 Å². The van der Waals surface area contributed by atoms with Gasteiger partial charge < -0.3 is 4.74 Å². The Kier molecular flexibility index (Phi) is 6.60. The molecule has 2 heterocycles. The van der Waals surface area contributed by atoms with E-state index in [0.29, 0.717) is 34.5 Å². The van der Waals surface area contributed by atoms with Crippen LogP contribution in [0.1, 0.15) is 67.1 Å². The van der Waals surface area contributed by atoms with E-state index in [1.54, 1.807) is 6.92 Å². The van der Waals surface area contributed by atoms with Crippen molar-refractivity contribution in [2.75, 3.05) is 12.0 Å². The summed E-state index contributed by atoms with van der Waals surface area (Å²) < 4.78 is 5.10. The number of amides is 1. The van der Waals surface area contributed by atoms with E-state index in [0.717, 1.165) is 17.4 Å². The summed E-state index contributed by atoms with van der Waals surface area (Å²) in [7, 11) is 0. The number of nitrogens with one attached hydrogen (secondary N) is 2. The van der Waals surface area contributed by atoms with Crippen LogP contribution in [0.25, 0.3) is 10.2 Å². The van der Waals surface area contributed by atoms with E-state index in [4.69, 9.17) is 4.74 Å². The molecule has 0 spiro atoms. The number of carbonyl (C=O) groups excluding carboxylic acids is 2. The predicted octanol–water partition coefficient (Wildman–Crippen LogP) is 3.98. The van der Waals surface area contributed by atoms with Gasteiger partial charge in [0.25, 0.3) is 0 Å². The van der Waals surface area contributed by atoms with Crippen molar-refractivity contribution in [3.05, 3.63) is 16.8 Å². The molecular formula is C19H26N4O3S. The summed E-state index contributed by atoms with van der Waals surface area (Å²) in [6.07, 6.45) is 9.20. The van der Waals surface area contributed by atoms with Gasteiger partial charge in [0, 0.05) is 6.42 Å². The minimum absolute atomic E-state index is 0.0502. The Balaban J connectivity index is 1.64. The van der Waals surface area contributed by atoms with Gasteiger partial charge in [-0.25, -0.2) is 14.8 Å². The number of thiophene rings is 1. The Morgan fingerprint density at radius 1 is 1.26 bits per heavy atom. The summed E-state index contributed by atoms with van der Waals surface area (Å²) in [4.78, 5) is 33.9. The fourth-order valence-corrected chi connectivity index (χ4v) is 4.60. The number of aryl methyl sites for hydroxylation is 1. The number of anilines is 1. The summed E-state index contributed by atoms with van der Waals surface area (Å²) in [6, 6.07) is 0. The molecule has 1 saturated carbocycles. The predicted molar refractivity (Wildman–Crippen MR) is 106 cm³/mol. The van der Waals surface area contributed by atoms with Crippen molar-refractivity contribution in [1.82, 2.24) is 15.4 Å². The lowest BCUT2D eigenvalue weighted by Crippen LogP contribution is -2.30. The molecule has 1 amide bonds. The van der Waals surface area contributed by atoms with Gasteiger partial charge in [-0.2, -0.15) is 0 Å². The lowest BCUT2D eigenvalue weighted by atomic mass is 9.86. The fraction of sp³-hybridized carbons (Fsp3) is 0.579. The van der Waals surface area contributed by atoms with E-state index >= 15 is 0 Å². The number of hydrogen-bond acceptors (Lipinski definition) is 7. The molecule has 0 unspecified atom stereocenters. The number of fused-ring (bicyclic) bond motifs is 1. The molecule has 146 valence electrons. The average Bonchev–Trinajstić information content (AvgIpc) is 3.03. The molecule has 0 bridgehead atoms. The molecule has 0 aliphatic heterocycles. The van der Waals surface area contributed by atoms with Gasteiger partial charge in [0.1, 0.15) is 16.0 Å². The first-order chi connectivity index (χ1) is 13.1. The number of aromatic nitrogens is 2. The fourth-order valence-electron chi connectivity index (χ4n) is 3.56. The summed E-state index contributed by atoms with van der Waals surface area (Å²) in [6.45, 7) is 3.93. The van der Waals surface area contributed by atoms with Crippen LogP contribution in [0.15, 0.2) is 6.33 Å². The highest BCUT2D eigenvalue weighted by Gasteiger charge is 2.20. The van der Waals surface area contributed by atoms with Crippen LogP contribution in [-0.4, -0.2) is 28.5 Å². The van der Waals surface area contributed by atoms with Crippen LogP contribution in [0.4, 0.5) is 5.82 Å². The molecule has 27 heavy (non-hydrogen) atoms. The average molecular weight is 391 g/mol. The van der Waals surface area contributed by atoms with Gasteiger partial charge >= 0.3 is 5.97 Å². The first-order valence-electron chi connectivity index (χ1n) is 9.56. The standard InChI is InChI=1S/C19H26N4O3S/c1-3-26-19(25)16-12(2)15-17(20-11-21-18(15)27-16)23-22-14(24)10-9-13-7-5-4-6-8-13/h11,13H,3-10H2,1-2H3,(H,22,24)(H,20,21,23). The molecule has 1 fully saturated rings. The molecule has 0 saturated heterocycles. The van der Waals surface area contributed by atoms with Crippen molar-refractivity contribution >= 4 is 39.2 Å². The maximum absolute atomic E-state index is 12.2. The largest absolute Gasteiger partial charge is 0.462 e. The highest BCUT2D eigenvalue weighted by Crippen LogP contribution is 2.33. The van der Waals surface area contributed by atoms with Crippen LogP contribution >= 0.6 is 11.3 Å². The quantitative estimate of drug-likeness (QED) is 0.549. The van der Waals surface area contributed by atoms with Crippen LogP contribution in [0.3, 0.4) is 0 Å². The van der Waals surface area contributed by atoms with Crippen LogP contribution in [0, 0.1) is 12.8 Å². The number of hydrogen-bond donors (Lipinski definition) is 2. The molecule has 0 atom stereocenters. The number of rotatable bonds is 7. The van der Waals surface area contributed by atoms with Gasteiger partial charge in [-0.15, -0.1) is 11.3 Å². The highest BCUT2D eigenvalue weighted by molar-refractivity contribution is 7.20. The third-order valence-electron chi connectivity index (χ3n) is 5.01. The molecule has 2 aromatic heterocycles. The lowest BCUT2D eigenvalue weighted by Gasteiger charge is -2.21. The number of nitrogens with zero attached hydrogens (tertiary/aromatic N) is 2. The van der Waals surface area contributed by atoms with Crippen molar-refractivity contribution in [3.63, 3.8) is 0 Å². The molecule has 2 N–H and O–H groups in total. The molecule has 1 aliphatic carbocycles.